The molecule has 0 saturated heterocycles. The number of aldehydes is 1. The molecule has 1 aromatic rings. The first kappa shape index (κ1) is 13.0. The van der Waals surface area contributed by atoms with Crippen LogP contribution in [0.1, 0.15) is 17.3 Å². The SMILES string of the molecule is CCOC(=O)/C=C/COc1ccc(C=O)cc1. The monoisotopic (exact) mass is 234 g/mol. The van der Waals surface area contributed by atoms with Crippen LogP contribution in [0.25, 0.3) is 0 Å². The van der Waals surface area contributed by atoms with Crippen LogP contribution in [0.2, 0.25) is 0 Å². The lowest BCUT2D eigenvalue weighted by atomic mass is 10.2. The summed E-state index contributed by atoms with van der Waals surface area (Å²) in [5, 5.41) is 0. The fourth-order valence-electron chi connectivity index (χ4n) is 1.12. The van der Waals surface area contributed by atoms with Crippen molar-refractivity contribution in [3.8, 4) is 5.75 Å². The smallest absolute Gasteiger partial charge is 0.330 e. The Morgan fingerprint density at radius 1 is 1.29 bits per heavy atom. The summed E-state index contributed by atoms with van der Waals surface area (Å²) in [5.74, 6) is 0.261. The Kier molecular flexibility index (Phi) is 5.51. The van der Waals surface area contributed by atoms with E-state index in [4.69, 9.17) is 9.47 Å². The van der Waals surface area contributed by atoms with E-state index in [0.29, 0.717) is 17.9 Å². The molecule has 0 amide bonds. The number of ether oxygens (including phenoxy) is 2. The predicted octanol–water partition coefficient (Wildman–Crippen LogP) is 2.00. The summed E-state index contributed by atoms with van der Waals surface area (Å²) in [6.45, 7) is 2.38. The van der Waals surface area contributed by atoms with E-state index in [1.807, 2.05) is 0 Å². The Labute approximate surface area is 99.8 Å². The molecule has 4 nitrogen and oxygen atoms in total. The summed E-state index contributed by atoms with van der Waals surface area (Å²) in [4.78, 5) is 21.3. The molecule has 90 valence electrons. The van der Waals surface area contributed by atoms with Gasteiger partial charge in [-0.1, -0.05) is 0 Å². The Hall–Kier alpha value is -2.10. The van der Waals surface area contributed by atoms with Crippen molar-refractivity contribution in [2.24, 2.45) is 0 Å². The molecule has 4 heteroatoms. The van der Waals surface area contributed by atoms with Crippen LogP contribution in [-0.2, 0) is 9.53 Å². The average Bonchev–Trinajstić information content (AvgIpc) is 2.36. The number of carbonyl (C=O) groups excluding carboxylic acids is 2. The third-order valence-corrected chi connectivity index (χ3v) is 1.90. The van der Waals surface area contributed by atoms with Crippen molar-refractivity contribution in [3.05, 3.63) is 42.0 Å². The first-order chi connectivity index (χ1) is 8.26. The number of esters is 1. The molecule has 0 fully saturated rings. The highest BCUT2D eigenvalue weighted by Gasteiger charge is 1.94. The highest BCUT2D eigenvalue weighted by molar-refractivity contribution is 5.81. The van der Waals surface area contributed by atoms with Gasteiger partial charge in [0.05, 0.1) is 6.61 Å². The van der Waals surface area contributed by atoms with E-state index in [-0.39, 0.29) is 12.6 Å². The molecule has 0 unspecified atom stereocenters. The van der Waals surface area contributed by atoms with Gasteiger partial charge in [0.2, 0.25) is 0 Å². The molecule has 0 aromatic heterocycles. The first-order valence-corrected chi connectivity index (χ1v) is 5.27. The normalized spacial score (nSPS) is 10.2. The maximum atomic E-state index is 10.9. The van der Waals surface area contributed by atoms with Crippen molar-refractivity contribution in [2.45, 2.75) is 6.92 Å². The second-order valence-electron chi connectivity index (χ2n) is 3.15. The van der Waals surface area contributed by atoms with E-state index in [1.54, 1.807) is 37.3 Å². The van der Waals surface area contributed by atoms with Crippen molar-refractivity contribution in [2.75, 3.05) is 13.2 Å². The third-order valence-electron chi connectivity index (χ3n) is 1.90. The molecule has 0 spiro atoms. The first-order valence-electron chi connectivity index (χ1n) is 5.27. The van der Waals surface area contributed by atoms with E-state index in [0.717, 1.165) is 6.29 Å². The highest BCUT2D eigenvalue weighted by Crippen LogP contribution is 2.10. The molecular formula is C13H14O4. The summed E-state index contributed by atoms with van der Waals surface area (Å²) >= 11 is 0. The Bertz CT molecular complexity index is 392. The largest absolute Gasteiger partial charge is 0.490 e. The van der Waals surface area contributed by atoms with E-state index in [2.05, 4.69) is 0 Å². The standard InChI is InChI=1S/C13H14O4/c1-2-16-13(15)4-3-9-17-12-7-5-11(10-14)6-8-12/h3-8,10H,2,9H2,1H3/b4-3+. The zero-order valence-corrected chi connectivity index (χ0v) is 9.59. The molecular weight excluding hydrogens is 220 g/mol. The molecule has 0 aliphatic carbocycles. The van der Waals surface area contributed by atoms with E-state index in [1.165, 1.54) is 6.08 Å². The van der Waals surface area contributed by atoms with Crippen LogP contribution in [0.3, 0.4) is 0 Å². The van der Waals surface area contributed by atoms with E-state index in [9.17, 15) is 9.59 Å². The third kappa shape index (κ3) is 4.97. The summed E-state index contributed by atoms with van der Waals surface area (Å²) < 4.78 is 10.0. The predicted molar refractivity (Wildman–Crippen MR) is 63.1 cm³/mol. The molecule has 17 heavy (non-hydrogen) atoms. The van der Waals surface area contributed by atoms with Crippen molar-refractivity contribution in [1.82, 2.24) is 0 Å². The average molecular weight is 234 g/mol. The molecule has 1 rings (SSSR count). The lowest BCUT2D eigenvalue weighted by Gasteiger charge is -2.02. The van der Waals surface area contributed by atoms with Gasteiger partial charge >= 0.3 is 5.97 Å². The lowest BCUT2D eigenvalue weighted by Crippen LogP contribution is -2.00. The van der Waals surface area contributed by atoms with Crippen LogP contribution in [0.4, 0.5) is 0 Å². The zero-order valence-electron chi connectivity index (χ0n) is 9.59. The van der Waals surface area contributed by atoms with Gasteiger partial charge in [-0.25, -0.2) is 4.79 Å². The van der Waals surface area contributed by atoms with E-state index >= 15 is 0 Å². The van der Waals surface area contributed by atoms with Gasteiger partial charge in [-0.3, -0.25) is 4.79 Å². The van der Waals surface area contributed by atoms with Gasteiger partial charge in [0.1, 0.15) is 18.6 Å². The topological polar surface area (TPSA) is 52.6 Å². The molecule has 0 bridgehead atoms. The van der Waals surface area contributed by atoms with Crippen molar-refractivity contribution in [1.29, 1.82) is 0 Å². The minimum absolute atomic E-state index is 0.277. The number of benzene rings is 1. The van der Waals surface area contributed by atoms with Crippen LogP contribution in [-0.4, -0.2) is 25.5 Å². The minimum Gasteiger partial charge on any atom is -0.490 e. The number of carbonyl (C=O) groups is 2. The van der Waals surface area contributed by atoms with Crippen molar-refractivity contribution < 1.29 is 19.1 Å². The minimum atomic E-state index is -0.382. The quantitative estimate of drug-likeness (QED) is 0.429. The maximum absolute atomic E-state index is 10.9. The molecule has 0 aliphatic rings. The van der Waals surface area contributed by atoms with Gasteiger partial charge in [-0.05, 0) is 37.3 Å². The fraction of sp³-hybridized carbons (Fsp3) is 0.231. The van der Waals surface area contributed by atoms with E-state index < -0.39 is 0 Å². The molecule has 1 aromatic carbocycles. The molecule has 0 N–H and O–H groups in total. The second-order valence-corrected chi connectivity index (χ2v) is 3.15. The lowest BCUT2D eigenvalue weighted by molar-refractivity contribution is -0.137. The van der Waals surface area contributed by atoms with Crippen molar-refractivity contribution in [3.63, 3.8) is 0 Å². The van der Waals surface area contributed by atoms with Crippen LogP contribution >= 0.6 is 0 Å². The van der Waals surface area contributed by atoms with Crippen LogP contribution < -0.4 is 4.74 Å². The molecule has 0 saturated carbocycles. The fourth-order valence-corrected chi connectivity index (χ4v) is 1.12. The van der Waals surface area contributed by atoms with Gasteiger partial charge in [-0.2, -0.15) is 0 Å². The summed E-state index contributed by atoms with van der Waals surface area (Å²) in [6.07, 6.45) is 3.67. The van der Waals surface area contributed by atoms with Gasteiger partial charge in [0.15, 0.2) is 0 Å². The Morgan fingerprint density at radius 3 is 2.59 bits per heavy atom. The summed E-state index contributed by atoms with van der Waals surface area (Å²) in [7, 11) is 0. The molecule has 0 radical (unpaired) electrons. The van der Waals surface area contributed by atoms with Crippen LogP contribution in [0.15, 0.2) is 36.4 Å². The van der Waals surface area contributed by atoms with Crippen LogP contribution in [0, 0.1) is 0 Å². The zero-order chi connectivity index (χ0) is 12.5. The maximum Gasteiger partial charge on any atom is 0.330 e. The number of rotatable bonds is 6. The van der Waals surface area contributed by atoms with Gasteiger partial charge in [-0.15, -0.1) is 0 Å². The Morgan fingerprint density at radius 2 is 2.00 bits per heavy atom. The van der Waals surface area contributed by atoms with Gasteiger partial charge < -0.3 is 9.47 Å². The van der Waals surface area contributed by atoms with Crippen LogP contribution in [0.5, 0.6) is 5.75 Å². The number of hydrogen-bond acceptors (Lipinski definition) is 4. The molecule has 0 heterocycles. The second kappa shape index (κ2) is 7.22. The summed E-state index contributed by atoms with van der Waals surface area (Å²) in [5.41, 5.74) is 0.597. The highest BCUT2D eigenvalue weighted by atomic mass is 16.5. The number of hydrogen-bond donors (Lipinski definition) is 0. The van der Waals surface area contributed by atoms with Gasteiger partial charge in [0, 0.05) is 11.6 Å². The van der Waals surface area contributed by atoms with Crippen molar-refractivity contribution >= 4 is 12.3 Å². The Balaban J connectivity index is 2.35. The summed E-state index contributed by atoms with van der Waals surface area (Å²) in [6, 6.07) is 6.72. The van der Waals surface area contributed by atoms with Gasteiger partial charge in [0.25, 0.3) is 0 Å². The molecule has 0 aliphatic heterocycles. The molecule has 0 atom stereocenters.